The predicted molar refractivity (Wildman–Crippen MR) is 49.6 cm³/mol. The highest BCUT2D eigenvalue weighted by Crippen LogP contribution is 2.10. The quantitative estimate of drug-likeness (QED) is 0.654. The predicted octanol–water partition coefficient (Wildman–Crippen LogP) is 1.22. The number of nitrogens with one attached hydrogen (secondary N) is 1. The molecule has 1 amide bonds. The number of amides is 1. The SMILES string of the molecule is CNC(=O)n1cnc2ccccc21. The van der Waals surface area contributed by atoms with Crippen molar-refractivity contribution in [3.8, 4) is 0 Å². The smallest absolute Gasteiger partial charge is 0.327 e. The number of carbonyl (C=O) groups excluding carboxylic acids is 1. The minimum absolute atomic E-state index is 0.172. The maximum Gasteiger partial charge on any atom is 0.327 e. The van der Waals surface area contributed by atoms with Gasteiger partial charge in [0.05, 0.1) is 11.0 Å². The maximum atomic E-state index is 11.3. The molecule has 1 aromatic carbocycles. The lowest BCUT2D eigenvalue weighted by molar-refractivity contribution is 0.245. The average Bonchev–Trinajstić information content (AvgIpc) is 2.60. The van der Waals surface area contributed by atoms with Gasteiger partial charge in [-0.05, 0) is 12.1 Å². The number of aromatic nitrogens is 2. The first-order valence-electron chi connectivity index (χ1n) is 3.97. The molecule has 0 aliphatic carbocycles. The van der Waals surface area contributed by atoms with Crippen molar-refractivity contribution >= 4 is 17.1 Å². The van der Waals surface area contributed by atoms with Crippen molar-refractivity contribution in [3.63, 3.8) is 0 Å². The summed E-state index contributed by atoms with van der Waals surface area (Å²) in [5.74, 6) is 0. The zero-order chi connectivity index (χ0) is 9.26. The number of fused-ring (bicyclic) bond motifs is 1. The van der Waals surface area contributed by atoms with Crippen molar-refractivity contribution in [2.45, 2.75) is 0 Å². The van der Waals surface area contributed by atoms with Crippen LogP contribution in [0, 0.1) is 0 Å². The molecule has 0 fully saturated rings. The van der Waals surface area contributed by atoms with Gasteiger partial charge in [0, 0.05) is 7.05 Å². The van der Waals surface area contributed by atoms with Crippen LogP contribution in [0.3, 0.4) is 0 Å². The number of benzene rings is 1. The number of hydrogen-bond donors (Lipinski definition) is 1. The molecule has 0 bridgehead atoms. The standard InChI is InChI=1S/C9H9N3O/c1-10-9(13)12-6-11-7-4-2-3-5-8(7)12/h2-6H,1H3,(H,10,13). The van der Waals surface area contributed by atoms with Gasteiger partial charge in [0.15, 0.2) is 0 Å². The highest BCUT2D eigenvalue weighted by molar-refractivity contribution is 5.88. The monoisotopic (exact) mass is 175 g/mol. The Morgan fingerprint density at radius 1 is 1.46 bits per heavy atom. The van der Waals surface area contributed by atoms with Gasteiger partial charge in [-0.2, -0.15) is 0 Å². The molecular formula is C9H9N3O. The molecule has 0 unspecified atom stereocenters. The van der Waals surface area contributed by atoms with Gasteiger partial charge < -0.3 is 5.32 Å². The summed E-state index contributed by atoms with van der Waals surface area (Å²) in [5, 5.41) is 2.54. The Labute approximate surface area is 75.2 Å². The largest absolute Gasteiger partial charge is 0.340 e. The number of hydrogen-bond acceptors (Lipinski definition) is 2. The van der Waals surface area contributed by atoms with Crippen LogP contribution in [-0.2, 0) is 0 Å². The lowest BCUT2D eigenvalue weighted by Gasteiger charge is -1.99. The van der Waals surface area contributed by atoms with Crippen molar-refractivity contribution in [1.82, 2.24) is 14.9 Å². The Balaban J connectivity index is 2.64. The fourth-order valence-corrected chi connectivity index (χ4v) is 1.24. The van der Waals surface area contributed by atoms with Crippen LogP contribution in [0.1, 0.15) is 0 Å². The van der Waals surface area contributed by atoms with Crippen LogP contribution in [0.5, 0.6) is 0 Å². The molecule has 4 nitrogen and oxygen atoms in total. The lowest BCUT2D eigenvalue weighted by Crippen LogP contribution is -2.23. The third kappa shape index (κ3) is 1.16. The first kappa shape index (κ1) is 7.79. The zero-order valence-electron chi connectivity index (χ0n) is 7.19. The number of imidazole rings is 1. The lowest BCUT2D eigenvalue weighted by atomic mass is 10.3. The summed E-state index contributed by atoms with van der Waals surface area (Å²) in [6.07, 6.45) is 1.52. The molecule has 0 spiro atoms. The highest BCUT2D eigenvalue weighted by Gasteiger charge is 2.05. The van der Waals surface area contributed by atoms with Crippen LogP contribution < -0.4 is 5.32 Å². The van der Waals surface area contributed by atoms with E-state index in [2.05, 4.69) is 10.3 Å². The third-order valence-corrected chi connectivity index (χ3v) is 1.89. The summed E-state index contributed by atoms with van der Waals surface area (Å²) in [6.45, 7) is 0. The van der Waals surface area contributed by atoms with Crippen molar-refractivity contribution in [3.05, 3.63) is 30.6 Å². The van der Waals surface area contributed by atoms with Gasteiger partial charge in [-0.25, -0.2) is 9.78 Å². The van der Waals surface area contributed by atoms with Crippen LogP contribution in [0.25, 0.3) is 11.0 Å². The van der Waals surface area contributed by atoms with E-state index in [0.29, 0.717) is 0 Å². The summed E-state index contributed by atoms with van der Waals surface area (Å²) in [4.78, 5) is 15.4. The molecule has 0 aliphatic heterocycles. The topological polar surface area (TPSA) is 46.9 Å². The molecule has 66 valence electrons. The molecule has 0 aliphatic rings. The normalized spacial score (nSPS) is 10.2. The summed E-state index contributed by atoms with van der Waals surface area (Å²) < 4.78 is 1.48. The average molecular weight is 175 g/mol. The Kier molecular flexibility index (Phi) is 1.73. The molecule has 1 N–H and O–H groups in total. The van der Waals surface area contributed by atoms with Gasteiger partial charge in [-0.15, -0.1) is 0 Å². The Hall–Kier alpha value is -1.84. The molecule has 2 aromatic rings. The zero-order valence-corrected chi connectivity index (χ0v) is 7.19. The second-order valence-electron chi connectivity index (χ2n) is 2.66. The van der Waals surface area contributed by atoms with E-state index in [-0.39, 0.29) is 6.03 Å². The molecule has 0 saturated carbocycles. The summed E-state index contributed by atoms with van der Waals surface area (Å²) in [7, 11) is 1.59. The highest BCUT2D eigenvalue weighted by atomic mass is 16.2. The molecule has 1 heterocycles. The second-order valence-corrected chi connectivity index (χ2v) is 2.66. The number of nitrogens with zero attached hydrogens (tertiary/aromatic N) is 2. The minimum atomic E-state index is -0.172. The molecule has 1 aromatic heterocycles. The first-order chi connectivity index (χ1) is 6.33. The number of carbonyl (C=O) groups is 1. The van der Waals surface area contributed by atoms with Crippen LogP contribution in [0.4, 0.5) is 4.79 Å². The van der Waals surface area contributed by atoms with Gasteiger partial charge in [-0.1, -0.05) is 12.1 Å². The van der Waals surface area contributed by atoms with E-state index >= 15 is 0 Å². The van der Waals surface area contributed by atoms with Gasteiger partial charge in [0.2, 0.25) is 0 Å². The van der Waals surface area contributed by atoms with Crippen molar-refractivity contribution in [1.29, 1.82) is 0 Å². The Morgan fingerprint density at radius 3 is 3.00 bits per heavy atom. The van der Waals surface area contributed by atoms with E-state index in [1.54, 1.807) is 7.05 Å². The van der Waals surface area contributed by atoms with Gasteiger partial charge in [-0.3, -0.25) is 4.57 Å². The van der Waals surface area contributed by atoms with E-state index in [4.69, 9.17) is 0 Å². The fourth-order valence-electron chi connectivity index (χ4n) is 1.24. The summed E-state index contributed by atoms with van der Waals surface area (Å²) >= 11 is 0. The van der Waals surface area contributed by atoms with Crippen molar-refractivity contribution < 1.29 is 4.79 Å². The molecule has 2 rings (SSSR count). The van der Waals surface area contributed by atoms with Gasteiger partial charge >= 0.3 is 6.03 Å². The third-order valence-electron chi connectivity index (χ3n) is 1.89. The van der Waals surface area contributed by atoms with Crippen LogP contribution in [0.15, 0.2) is 30.6 Å². The number of rotatable bonds is 0. The number of para-hydroxylation sites is 2. The van der Waals surface area contributed by atoms with E-state index in [1.165, 1.54) is 10.9 Å². The Bertz CT molecular complexity index is 447. The molecule has 0 atom stereocenters. The van der Waals surface area contributed by atoms with Crippen LogP contribution in [0.2, 0.25) is 0 Å². The minimum Gasteiger partial charge on any atom is -0.340 e. The summed E-state index contributed by atoms with van der Waals surface area (Å²) in [5.41, 5.74) is 1.65. The summed E-state index contributed by atoms with van der Waals surface area (Å²) in [6, 6.07) is 7.33. The van der Waals surface area contributed by atoms with Crippen LogP contribution in [-0.4, -0.2) is 22.6 Å². The maximum absolute atomic E-state index is 11.3. The fraction of sp³-hybridized carbons (Fsp3) is 0.111. The van der Waals surface area contributed by atoms with E-state index in [1.807, 2.05) is 24.3 Å². The van der Waals surface area contributed by atoms with Crippen LogP contribution >= 0.6 is 0 Å². The second kappa shape index (κ2) is 2.90. The Morgan fingerprint density at radius 2 is 2.23 bits per heavy atom. The van der Waals surface area contributed by atoms with Crippen molar-refractivity contribution in [2.75, 3.05) is 7.05 Å². The molecular weight excluding hydrogens is 166 g/mol. The van der Waals surface area contributed by atoms with E-state index in [0.717, 1.165) is 11.0 Å². The van der Waals surface area contributed by atoms with Crippen molar-refractivity contribution in [2.24, 2.45) is 0 Å². The van der Waals surface area contributed by atoms with Gasteiger partial charge in [0.25, 0.3) is 0 Å². The van der Waals surface area contributed by atoms with E-state index < -0.39 is 0 Å². The molecule has 0 radical (unpaired) electrons. The molecule has 0 saturated heterocycles. The molecule has 13 heavy (non-hydrogen) atoms. The first-order valence-corrected chi connectivity index (χ1v) is 3.97. The van der Waals surface area contributed by atoms with E-state index in [9.17, 15) is 4.79 Å². The molecule has 4 heteroatoms. The van der Waals surface area contributed by atoms with Gasteiger partial charge in [0.1, 0.15) is 6.33 Å².